The fraction of sp³-hybridized carbons (Fsp3) is 0.167. The van der Waals surface area contributed by atoms with Crippen LogP contribution in [0.2, 0.25) is 0 Å². The molecule has 1 amide bonds. The second-order valence-corrected chi connectivity index (χ2v) is 7.12. The van der Waals surface area contributed by atoms with Crippen LogP contribution in [0.4, 0.5) is 0 Å². The normalized spacial score (nSPS) is 12.2. The van der Waals surface area contributed by atoms with E-state index in [1.807, 2.05) is 91.9 Å². The summed E-state index contributed by atoms with van der Waals surface area (Å²) in [4.78, 5) is 24.0. The van der Waals surface area contributed by atoms with E-state index < -0.39 is 23.5 Å². The molecule has 0 heterocycles. The largest absolute Gasteiger partial charge is 0.544 e. The second-order valence-electron chi connectivity index (χ2n) is 7.12. The van der Waals surface area contributed by atoms with Crippen molar-refractivity contribution in [2.45, 2.75) is 24.9 Å². The highest BCUT2D eigenvalue weighted by atomic mass is 16.4. The Morgan fingerprint density at radius 3 is 1.76 bits per heavy atom. The molecule has 1 atom stereocenters. The van der Waals surface area contributed by atoms with Gasteiger partial charge in [-0.3, -0.25) is 4.79 Å². The van der Waals surface area contributed by atoms with Crippen molar-refractivity contribution in [1.29, 1.82) is 0 Å². The van der Waals surface area contributed by atoms with Gasteiger partial charge in [0.2, 0.25) is 5.91 Å². The molecule has 148 valence electrons. The Labute approximate surface area is 170 Å². The molecule has 0 saturated heterocycles. The van der Waals surface area contributed by atoms with E-state index in [4.69, 9.17) is 0 Å². The fourth-order valence-corrected chi connectivity index (χ4v) is 3.46. The summed E-state index contributed by atoms with van der Waals surface area (Å²) in [5.41, 5.74) is 6.27. The molecule has 0 unspecified atom stereocenters. The zero-order valence-electron chi connectivity index (χ0n) is 16.3. The third-order valence-electron chi connectivity index (χ3n) is 4.99. The van der Waals surface area contributed by atoms with Crippen LogP contribution in [0, 0.1) is 6.92 Å². The van der Waals surface area contributed by atoms with E-state index in [-0.39, 0.29) is 6.42 Å². The summed E-state index contributed by atoms with van der Waals surface area (Å²) in [5, 5.41) is 14.2. The Kier molecular flexibility index (Phi) is 6.10. The van der Waals surface area contributed by atoms with E-state index in [2.05, 4.69) is 11.1 Å². The van der Waals surface area contributed by atoms with Crippen LogP contribution in [-0.4, -0.2) is 17.9 Å². The maximum absolute atomic E-state index is 12.9. The predicted molar refractivity (Wildman–Crippen MR) is 108 cm³/mol. The quantitative estimate of drug-likeness (QED) is 0.594. The monoisotopic (exact) mass is 388 g/mol. The molecule has 0 aliphatic carbocycles. The number of quaternary nitrogens is 1. The first kappa shape index (κ1) is 20.3. The van der Waals surface area contributed by atoms with Gasteiger partial charge >= 0.3 is 0 Å². The van der Waals surface area contributed by atoms with Crippen LogP contribution in [0.15, 0.2) is 84.9 Å². The minimum Gasteiger partial charge on any atom is -0.544 e. The smallest absolute Gasteiger partial charge is 0.227 e. The molecule has 3 aromatic rings. The Morgan fingerprint density at radius 2 is 1.31 bits per heavy atom. The molecule has 0 aliphatic heterocycles. The molecular formula is C24H24N2O3. The molecule has 3 aromatic carbocycles. The average molecular weight is 388 g/mol. The first-order chi connectivity index (χ1) is 13.9. The standard InChI is InChI=1S/C24H24N2O3/c1-17-12-14-20(15-13-17)24(18-8-4-2-5-9-18,19-10-6-3-7-11-19)26-22(27)16-21(25)23(28)29/h2-15,21H,16,25H2,1H3,(H,26,27)(H,28,29)/t21-/m1/s1. The van der Waals surface area contributed by atoms with Crippen LogP contribution in [0.3, 0.4) is 0 Å². The van der Waals surface area contributed by atoms with E-state index in [0.29, 0.717) is 0 Å². The number of nitrogens with one attached hydrogen (secondary N) is 1. The first-order valence-corrected chi connectivity index (χ1v) is 9.46. The molecule has 0 saturated carbocycles. The van der Waals surface area contributed by atoms with Crippen LogP contribution in [0.25, 0.3) is 0 Å². The Hall–Kier alpha value is -3.44. The molecule has 0 fully saturated rings. The van der Waals surface area contributed by atoms with Crippen molar-refractivity contribution < 1.29 is 20.4 Å². The van der Waals surface area contributed by atoms with E-state index in [1.54, 1.807) is 0 Å². The number of hydrogen-bond acceptors (Lipinski definition) is 3. The summed E-state index contributed by atoms with van der Waals surface area (Å²) in [6, 6.07) is 26.1. The zero-order chi connectivity index (χ0) is 20.9. The van der Waals surface area contributed by atoms with Crippen LogP contribution >= 0.6 is 0 Å². The van der Waals surface area contributed by atoms with Crippen molar-refractivity contribution in [2.75, 3.05) is 0 Å². The van der Waals surface area contributed by atoms with Gasteiger partial charge in [-0.15, -0.1) is 0 Å². The average Bonchev–Trinajstić information content (AvgIpc) is 2.74. The van der Waals surface area contributed by atoms with E-state index in [0.717, 1.165) is 22.3 Å². The zero-order valence-corrected chi connectivity index (χ0v) is 16.3. The second kappa shape index (κ2) is 8.71. The summed E-state index contributed by atoms with van der Waals surface area (Å²) >= 11 is 0. The van der Waals surface area contributed by atoms with Crippen molar-refractivity contribution in [2.24, 2.45) is 0 Å². The molecule has 0 spiro atoms. The van der Waals surface area contributed by atoms with Crippen LogP contribution < -0.4 is 16.2 Å². The Morgan fingerprint density at radius 1 is 0.862 bits per heavy atom. The van der Waals surface area contributed by atoms with Gasteiger partial charge in [0.1, 0.15) is 11.6 Å². The summed E-state index contributed by atoms with van der Waals surface area (Å²) in [6.45, 7) is 2.00. The molecular weight excluding hydrogens is 364 g/mol. The van der Waals surface area contributed by atoms with Crippen molar-refractivity contribution in [3.05, 3.63) is 107 Å². The van der Waals surface area contributed by atoms with Gasteiger partial charge in [0.25, 0.3) is 0 Å². The van der Waals surface area contributed by atoms with Gasteiger partial charge in [-0.2, -0.15) is 0 Å². The fourth-order valence-electron chi connectivity index (χ4n) is 3.46. The number of aryl methyl sites for hydroxylation is 1. The van der Waals surface area contributed by atoms with Crippen LogP contribution in [-0.2, 0) is 15.1 Å². The number of hydrogen-bond donors (Lipinski definition) is 2. The molecule has 0 aromatic heterocycles. The van der Waals surface area contributed by atoms with Gasteiger partial charge < -0.3 is 21.0 Å². The molecule has 5 heteroatoms. The predicted octanol–water partition coefficient (Wildman–Crippen LogP) is 1.15. The lowest BCUT2D eigenvalue weighted by Gasteiger charge is -2.37. The highest BCUT2D eigenvalue weighted by Crippen LogP contribution is 2.37. The molecule has 0 bridgehead atoms. The molecule has 4 N–H and O–H groups in total. The van der Waals surface area contributed by atoms with Crippen LogP contribution in [0.1, 0.15) is 28.7 Å². The van der Waals surface area contributed by atoms with E-state index in [1.165, 1.54) is 0 Å². The van der Waals surface area contributed by atoms with E-state index in [9.17, 15) is 14.7 Å². The topological polar surface area (TPSA) is 96.9 Å². The summed E-state index contributed by atoms with van der Waals surface area (Å²) in [5.74, 6) is -1.76. The highest BCUT2D eigenvalue weighted by Gasteiger charge is 2.38. The van der Waals surface area contributed by atoms with Crippen LogP contribution in [0.5, 0.6) is 0 Å². The SMILES string of the molecule is Cc1ccc(C(NC(=O)C[C@@H]([NH3+])C(=O)[O-])(c2ccccc2)c2ccccc2)cc1. The number of carbonyl (C=O) groups excluding carboxylic acids is 2. The summed E-state index contributed by atoms with van der Waals surface area (Å²) in [6.07, 6.45) is -0.268. The first-order valence-electron chi connectivity index (χ1n) is 9.46. The maximum Gasteiger partial charge on any atom is 0.227 e. The van der Waals surface area contributed by atoms with Crippen molar-refractivity contribution in [1.82, 2.24) is 5.32 Å². The van der Waals surface area contributed by atoms with Gasteiger partial charge in [-0.05, 0) is 23.6 Å². The van der Waals surface area contributed by atoms with Crippen molar-refractivity contribution in [3.8, 4) is 0 Å². The number of carboxylic acid groups (broad SMARTS) is 1. The number of carbonyl (C=O) groups is 2. The van der Waals surface area contributed by atoms with Gasteiger partial charge in [0, 0.05) is 0 Å². The Bertz CT molecular complexity index is 931. The van der Waals surface area contributed by atoms with E-state index >= 15 is 0 Å². The Balaban J connectivity index is 2.19. The molecule has 5 nitrogen and oxygen atoms in total. The third kappa shape index (κ3) is 4.36. The number of rotatable bonds is 7. The van der Waals surface area contributed by atoms with Gasteiger partial charge in [-0.25, -0.2) is 0 Å². The number of aliphatic carboxylic acids is 1. The highest BCUT2D eigenvalue weighted by molar-refractivity contribution is 5.84. The van der Waals surface area contributed by atoms with Gasteiger partial charge in [0.05, 0.1) is 12.4 Å². The minimum atomic E-state index is -1.35. The lowest BCUT2D eigenvalue weighted by atomic mass is 9.76. The summed E-state index contributed by atoms with van der Waals surface area (Å²) in [7, 11) is 0. The molecule has 3 rings (SSSR count). The molecule has 0 aliphatic rings. The number of carboxylic acids is 1. The van der Waals surface area contributed by atoms with Crippen molar-refractivity contribution >= 4 is 11.9 Å². The maximum atomic E-state index is 12.9. The van der Waals surface area contributed by atoms with Crippen molar-refractivity contribution in [3.63, 3.8) is 0 Å². The minimum absolute atomic E-state index is 0.268. The lowest BCUT2D eigenvalue weighted by Crippen LogP contribution is -2.69. The molecule has 0 radical (unpaired) electrons. The number of benzene rings is 3. The molecule has 29 heavy (non-hydrogen) atoms. The van der Waals surface area contributed by atoms with Gasteiger partial charge in [-0.1, -0.05) is 90.5 Å². The van der Waals surface area contributed by atoms with Gasteiger partial charge in [0.15, 0.2) is 0 Å². The lowest BCUT2D eigenvalue weighted by molar-refractivity contribution is -0.436. The third-order valence-corrected chi connectivity index (χ3v) is 4.99. The number of amides is 1. The summed E-state index contributed by atoms with van der Waals surface area (Å²) < 4.78 is 0.